The standard InChI is InChI=1S/C19H26ClN3O3/c1-26-12-11-21-8-4-5-15(13-21)19(25)22-9-10-23(18(24)14-22)17-7-3-2-6-16(17)20/h2-3,6-7,15H,4-5,8-14H2,1H3/t15-/m0/s1. The van der Waals surface area contributed by atoms with Gasteiger partial charge in [0.25, 0.3) is 0 Å². The van der Waals surface area contributed by atoms with Crippen molar-refractivity contribution in [1.29, 1.82) is 0 Å². The summed E-state index contributed by atoms with van der Waals surface area (Å²) in [4.78, 5) is 31.2. The lowest BCUT2D eigenvalue weighted by Crippen LogP contribution is -2.55. The molecule has 0 aromatic heterocycles. The van der Waals surface area contributed by atoms with E-state index in [2.05, 4.69) is 4.90 Å². The van der Waals surface area contributed by atoms with E-state index in [1.54, 1.807) is 23.0 Å². The van der Waals surface area contributed by atoms with E-state index in [-0.39, 0.29) is 24.3 Å². The molecule has 2 aliphatic rings. The van der Waals surface area contributed by atoms with Gasteiger partial charge in [0.1, 0.15) is 6.54 Å². The summed E-state index contributed by atoms with van der Waals surface area (Å²) < 4.78 is 5.14. The van der Waals surface area contributed by atoms with Crippen LogP contribution >= 0.6 is 11.6 Å². The number of methoxy groups -OCH3 is 1. The van der Waals surface area contributed by atoms with E-state index in [1.165, 1.54) is 0 Å². The highest BCUT2D eigenvalue weighted by Crippen LogP contribution is 2.27. The molecule has 26 heavy (non-hydrogen) atoms. The van der Waals surface area contributed by atoms with Crippen molar-refractivity contribution in [2.24, 2.45) is 5.92 Å². The number of benzene rings is 1. The van der Waals surface area contributed by atoms with Crippen LogP contribution in [0.25, 0.3) is 0 Å². The molecule has 2 saturated heterocycles. The summed E-state index contributed by atoms with van der Waals surface area (Å²) in [7, 11) is 1.69. The average molecular weight is 380 g/mol. The Morgan fingerprint density at radius 1 is 1.27 bits per heavy atom. The van der Waals surface area contributed by atoms with Crippen molar-refractivity contribution in [2.45, 2.75) is 12.8 Å². The van der Waals surface area contributed by atoms with E-state index in [1.807, 2.05) is 18.2 Å². The molecule has 142 valence electrons. The van der Waals surface area contributed by atoms with Gasteiger partial charge in [0.15, 0.2) is 0 Å². The summed E-state index contributed by atoms with van der Waals surface area (Å²) in [6.45, 7) is 4.43. The van der Waals surface area contributed by atoms with E-state index in [0.29, 0.717) is 24.7 Å². The van der Waals surface area contributed by atoms with Crippen molar-refractivity contribution < 1.29 is 14.3 Å². The molecule has 2 amide bonds. The molecule has 0 radical (unpaired) electrons. The lowest BCUT2D eigenvalue weighted by Gasteiger charge is -2.38. The number of carbonyl (C=O) groups excluding carboxylic acids is 2. The van der Waals surface area contributed by atoms with Crippen molar-refractivity contribution in [3.05, 3.63) is 29.3 Å². The highest BCUT2D eigenvalue weighted by Gasteiger charge is 2.34. The number of anilines is 1. The zero-order valence-electron chi connectivity index (χ0n) is 15.2. The van der Waals surface area contributed by atoms with Crippen LogP contribution in [0.5, 0.6) is 0 Å². The normalized spacial score (nSPS) is 21.9. The lowest BCUT2D eigenvalue weighted by molar-refractivity contribution is -0.141. The zero-order chi connectivity index (χ0) is 18.5. The largest absolute Gasteiger partial charge is 0.383 e. The van der Waals surface area contributed by atoms with E-state index in [9.17, 15) is 9.59 Å². The first-order valence-corrected chi connectivity index (χ1v) is 9.53. The van der Waals surface area contributed by atoms with Gasteiger partial charge in [-0.25, -0.2) is 0 Å². The Labute approximate surface area is 159 Å². The molecule has 6 nitrogen and oxygen atoms in total. The summed E-state index contributed by atoms with van der Waals surface area (Å²) in [6.07, 6.45) is 1.90. The maximum atomic E-state index is 12.9. The zero-order valence-corrected chi connectivity index (χ0v) is 16.0. The minimum absolute atomic E-state index is 0.0275. The number of halogens is 1. The fourth-order valence-electron chi connectivity index (χ4n) is 3.73. The van der Waals surface area contributed by atoms with Crippen LogP contribution in [-0.2, 0) is 14.3 Å². The van der Waals surface area contributed by atoms with E-state index >= 15 is 0 Å². The molecule has 7 heteroatoms. The number of carbonyl (C=O) groups is 2. The molecule has 0 spiro atoms. The van der Waals surface area contributed by atoms with Crippen molar-refractivity contribution in [2.75, 3.05) is 57.9 Å². The highest BCUT2D eigenvalue weighted by atomic mass is 35.5. The number of likely N-dealkylation sites (tertiary alicyclic amines) is 1. The molecule has 0 bridgehead atoms. The molecule has 2 fully saturated rings. The molecule has 3 rings (SSSR count). The minimum atomic E-state index is -0.0789. The van der Waals surface area contributed by atoms with Gasteiger partial charge in [0.2, 0.25) is 11.8 Å². The molecule has 1 aromatic carbocycles. The van der Waals surface area contributed by atoms with E-state index in [0.717, 1.165) is 38.2 Å². The van der Waals surface area contributed by atoms with Gasteiger partial charge in [-0.1, -0.05) is 23.7 Å². The van der Waals surface area contributed by atoms with Crippen molar-refractivity contribution in [3.63, 3.8) is 0 Å². The molecule has 2 aliphatic heterocycles. The molecule has 0 saturated carbocycles. The van der Waals surface area contributed by atoms with Crippen LogP contribution in [-0.4, -0.2) is 74.6 Å². The lowest BCUT2D eigenvalue weighted by atomic mass is 9.96. The van der Waals surface area contributed by atoms with Gasteiger partial charge in [-0.15, -0.1) is 0 Å². The Hall–Kier alpha value is -1.63. The van der Waals surface area contributed by atoms with Gasteiger partial charge < -0.3 is 19.4 Å². The van der Waals surface area contributed by atoms with E-state index in [4.69, 9.17) is 16.3 Å². The molecule has 1 atom stereocenters. The summed E-state index contributed by atoms with van der Waals surface area (Å²) in [5.41, 5.74) is 0.717. The maximum absolute atomic E-state index is 12.9. The third-order valence-corrected chi connectivity index (χ3v) is 5.46. The van der Waals surface area contributed by atoms with Crippen LogP contribution in [0, 0.1) is 5.92 Å². The minimum Gasteiger partial charge on any atom is -0.383 e. The SMILES string of the molecule is COCCN1CCC[C@H](C(=O)N2CCN(c3ccccc3Cl)C(=O)C2)C1. The molecular formula is C19H26ClN3O3. The number of hydrogen-bond acceptors (Lipinski definition) is 4. The highest BCUT2D eigenvalue weighted by molar-refractivity contribution is 6.33. The predicted octanol–water partition coefficient (Wildman–Crippen LogP) is 1.87. The van der Waals surface area contributed by atoms with Crippen LogP contribution in [0.1, 0.15) is 12.8 Å². The summed E-state index contributed by atoms with van der Waals surface area (Å²) in [5, 5.41) is 0.557. The second-order valence-corrected chi connectivity index (χ2v) is 7.30. The first-order valence-electron chi connectivity index (χ1n) is 9.15. The quantitative estimate of drug-likeness (QED) is 0.783. The number of amides is 2. The van der Waals surface area contributed by atoms with Crippen molar-refractivity contribution >= 4 is 29.1 Å². The molecule has 2 heterocycles. The second kappa shape index (κ2) is 8.84. The number of ether oxygens (including phenoxy) is 1. The number of rotatable bonds is 5. The van der Waals surface area contributed by atoms with E-state index < -0.39 is 0 Å². The van der Waals surface area contributed by atoms with Gasteiger partial charge in [0, 0.05) is 33.3 Å². The van der Waals surface area contributed by atoms with Crippen LogP contribution in [0.4, 0.5) is 5.69 Å². The summed E-state index contributed by atoms with van der Waals surface area (Å²) in [5.74, 6) is -0.00991. The number of para-hydroxylation sites is 1. The first-order chi connectivity index (χ1) is 12.6. The molecule has 1 aromatic rings. The van der Waals surface area contributed by atoms with Crippen molar-refractivity contribution in [3.8, 4) is 0 Å². The smallest absolute Gasteiger partial charge is 0.246 e. The number of piperazine rings is 1. The predicted molar refractivity (Wildman–Crippen MR) is 101 cm³/mol. The van der Waals surface area contributed by atoms with Crippen LogP contribution in [0.3, 0.4) is 0 Å². The molecule has 0 unspecified atom stereocenters. The molecule has 0 N–H and O–H groups in total. The first kappa shape index (κ1) is 19.1. The van der Waals surface area contributed by atoms with Gasteiger partial charge in [-0.3, -0.25) is 9.59 Å². The number of nitrogens with zero attached hydrogens (tertiary/aromatic N) is 3. The van der Waals surface area contributed by atoms with Crippen LogP contribution < -0.4 is 4.90 Å². The Morgan fingerprint density at radius 2 is 2.08 bits per heavy atom. The Bertz CT molecular complexity index is 655. The Morgan fingerprint density at radius 3 is 2.81 bits per heavy atom. The topological polar surface area (TPSA) is 53.1 Å². The Kier molecular flexibility index (Phi) is 6.51. The maximum Gasteiger partial charge on any atom is 0.246 e. The number of piperidine rings is 1. The van der Waals surface area contributed by atoms with Crippen LogP contribution in [0.2, 0.25) is 5.02 Å². The monoisotopic (exact) mass is 379 g/mol. The third-order valence-electron chi connectivity index (χ3n) is 5.14. The van der Waals surface area contributed by atoms with Crippen molar-refractivity contribution in [1.82, 2.24) is 9.80 Å². The summed E-state index contributed by atoms with van der Waals surface area (Å²) in [6, 6.07) is 7.32. The Balaban J connectivity index is 1.59. The third kappa shape index (κ3) is 4.37. The number of hydrogen-bond donors (Lipinski definition) is 0. The second-order valence-electron chi connectivity index (χ2n) is 6.89. The summed E-state index contributed by atoms with van der Waals surface area (Å²) >= 11 is 6.21. The van der Waals surface area contributed by atoms with Gasteiger partial charge in [-0.2, -0.15) is 0 Å². The molecule has 0 aliphatic carbocycles. The van der Waals surface area contributed by atoms with Crippen LogP contribution in [0.15, 0.2) is 24.3 Å². The fraction of sp³-hybridized carbons (Fsp3) is 0.579. The van der Waals surface area contributed by atoms with Gasteiger partial charge in [0.05, 0.1) is 23.2 Å². The van der Waals surface area contributed by atoms with Gasteiger partial charge >= 0.3 is 0 Å². The average Bonchev–Trinajstić information content (AvgIpc) is 2.66. The molecular weight excluding hydrogens is 354 g/mol. The van der Waals surface area contributed by atoms with Gasteiger partial charge in [-0.05, 0) is 31.5 Å². The fourth-order valence-corrected chi connectivity index (χ4v) is 3.96.